The van der Waals surface area contributed by atoms with Gasteiger partial charge in [0, 0.05) is 11.6 Å². The second-order valence-corrected chi connectivity index (χ2v) is 5.57. The van der Waals surface area contributed by atoms with E-state index in [9.17, 15) is 12.8 Å². The third kappa shape index (κ3) is 3.03. The van der Waals surface area contributed by atoms with E-state index in [0.29, 0.717) is 5.56 Å². The summed E-state index contributed by atoms with van der Waals surface area (Å²) < 4.78 is 49.4. The maximum Gasteiger partial charge on any atom is 0.428 e. The minimum Gasteiger partial charge on any atom is -0.486 e. The van der Waals surface area contributed by atoms with E-state index in [1.807, 2.05) is 30.3 Å². The molecule has 2 aromatic carbocycles. The van der Waals surface area contributed by atoms with Crippen molar-refractivity contribution in [3.63, 3.8) is 0 Å². The minimum absolute atomic E-state index is 0.00644. The zero-order valence-corrected chi connectivity index (χ0v) is 11.5. The maximum atomic E-state index is 13.9. The smallest absolute Gasteiger partial charge is 0.428 e. The number of fused-ring (bicyclic) bond motifs is 1. The van der Waals surface area contributed by atoms with Gasteiger partial charge in [-0.25, -0.2) is 4.39 Å². The number of halogens is 1. The van der Waals surface area contributed by atoms with Crippen LogP contribution in [0.15, 0.2) is 46.9 Å². The number of rotatable bonds is 3. The Hall–Kier alpha value is -2.41. The molecule has 0 radical (unpaired) electrons. The molecule has 0 amide bonds. The van der Waals surface area contributed by atoms with Crippen LogP contribution in [0.2, 0.25) is 0 Å². The molecule has 0 aliphatic carbocycles. The Balaban J connectivity index is 1.85. The van der Waals surface area contributed by atoms with E-state index in [0.717, 1.165) is 17.8 Å². The molecule has 7 heteroatoms. The van der Waals surface area contributed by atoms with Gasteiger partial charge in [-0.15, -0.1) is 4.40 Å². The van der Waals surface area contributed by atoms with E-state index < -0.39 is 16.1 Å². The topological polar surface area (TPSA) is 65.0 Å². The van der Waals surface area contributed by atoms with E-state index in [2.05, 4.69) is 8.58 Å². The highest BCUT2D eigenvalue weighted by atomic mass is 32.2. The summed E-state index contributed by atoms with van der Waals surface area (Å²) in [5.41, 5.74) is 1.23. The predicted octanol–water partition coefficient (Wildman–Crippen LogP) is 2.46. The standard InChI is InChI=1S/C14H10FNO4S/c15-12-7-13-11(8-16-21(17,18)20-13)6-14(12)19-9-10-4-2-1-3-5-10/h1-8H,9H2. The highest BCUT2D eigenvalue weighted by Crippen LogP contribution is 2.30. The van der Waals surface area contributed by atoms with Crippen LogP contribution in [0.25, 0.3) is 0 Å². The van der Waals surface area contributed by atoms with Gasteiger partial charge >= 0.3 is 10.3 Å². The number of benzene rings is 2. The summed E-state index contributed by atoms with van der Waals surface area (Å²) in [7, 11) is -4.02. The molecule has 0 fully saturated rings. The highest BCUT2D eigenvalue weighted by Gasteiger charge is 2.21. The molecule has 0 saturated carbocycles. The lowest BCUT2D eigenvalue weighted by molar-refractivity contribution is 0.289. The van der Waals surface area contributed by atoms with Gasteiger partial charge in [-0.05, 0) is 11.6 Å². The Labute approximate surface area is 120 Å². The van der Waals surface area contributed by atoms with Gasteiger partial charge in [-0.2, -0.15) is 8.42 Å². The van der Waals surface area contributed by atoms with Crippen molar-refractivity contribution in [3.8, 4) is 11.5 Å². The van der Waals surface area contributed by atoms with Crippen LogP contribution in [0.5, 0.6) is 11.5 Å². The molecule has 0 N–H and O–H groups in total. The molecule has 1 heterocycles. The third-order valence-corrected chi connectivity index (χ3v) is 3.57. The first-order chi connectivity index (χ1) is 10.0. The normalized spacial score (nSPS) is 15.1. The number of nitrogens with zero attached hydrogens (tertiary/aromatic N) is 1. The molecule has 0 unspecified atom stereocenters. The molecule has 3 rings (SSSR count). The van der Waals surface area contributed by atoms with Crippen molar-refractivity contribution in [1.29, 1.82) is 0 Å². The fourth-order valence-electron chi connectivity index (χ4n) is 1.83. The summed E-state index contributed by atoms with van der Waals surface area (Å²) >= 11 is 0. The van der Waals surface area contributed by atoms with Gasteiger partial charge in [-0.3, -0.25) is 0 Å². The highest BCUT2D eigenvalue weighted by molar-refractivity contribution is 7.86. The second kappa shape index (κ2) is 5.17. The molecule has 0 aromatic heterocycles. The fourth-order valence-corrected chi connectivity index (χ4v) is 2.48. The first-order valence-corrected chi connectivity index (χ1v) is 7.40. The van der Waals surface area contributed by atoms with E-state index in [1.54, 1.807) is 0 Å². The van der Waals surface area contributed by atoms with Gasteiger partial charge in [-0.1, -0.05) is 30.3 Å². The van der Waals surface area contributed by atoms with Crippen LogP contribution in [0, 0.1) is 5.82 Å². The number of ether oxygens (including phenoxy) is 1. The SMILES string of the molecule is O=S1(=O)N=Cc2cc(OCc3ccccc3)c(F)cc2O1. The van der Waals surface area contributed by atoms with Crippen LogP contribution in [0.1, 0.15) is 11.1 Å². The summed E-state index contributed by atoms with van der Waals surface area (Å²) in [5.74, 6) is -0.795. The zero-order valence-electron chi connectivity index (χ0n) is 10.7. The quantitative estimate of drug-likeness (QED) is 0.873. The van der Waals surface area contributed by atoms with Crippen LogP contribution in [-0.2, 0) is 16.9 Å². The molecule has 2 aromatic rings. The van der Waals surface area contributed by atoms with Gasteiger partial charge in [0.2, 0.25) is 0 Å². The second-order valence-electron chi connectivity index (χ2n) is 4.34. The molecular weight excluding hydrogens is 297 g/mol. The molecule has 0 atom stereocenters. The predicted molar refractivity (Wildman–Crippen MR) is 74.3 cm³/mol. The van der Waals surface area contributed by atoms with Crippen molar-refractivity contribution in [2.45, 2.75) is 6.61 Å². The van der Waals surface area contributed by atoms with Crippen molar-refractivity contribution in [1.82, 2.24) is 0 Å². The molecule has 5 nitrogen and oxygen atoms in total. The average molecular weight is 307 g/mol. The van der Waals surface area contributed by atoms with E-state index in [-0.39, 0.29) is 18.1 Å². The summed E-state index contributed by atoms with van der Waals surface area (Å²) in [6.45, 7) is 0.201. The molecule has 1 aliphatic heterocycles. The maximum absolute atomic E-state index is 13.9. The minimum atomic E-state index is -4.02. The summed E-state index contributed by atoms with van der Waals surface area (Å²) in [6, 6.07) is 11.6. The lowest BCUT2D eigenvalue weighted by Gasteiger charge is -2.13. The largest absolute Gasteiger partial charge is 0.486 e. The van der Waals surface area contributed by atoms with Gasteiger partial charge < -0.3 is 8.92 Å². The van der Waals surface area contributed by atoms with Crippen molar-refractivity contribution in [2.24, 2.45) is 4.40 Å². The summed E-state index contributed by atoms with van der Waals surface area (Å²) in [5, 5.41) is 0. The number of hydrogen-bond acceptors (Lipinski definition) is 4. The monoisotopic (exact) mass is 307 g/mol. The molecule has 0 spiro atoms. The van der Waals surface area contributed by atoms with Crippen LogP contribution >= 0.6 is 0 Å². The van der Waals surface area contributed by atoms with Gasteiger partial charge in [0.05, 0.1) is 6.21 Å². The molecule has 108 valence electrons. The molecule has 21 heavy (non-hydrogen) atoms. The lowest BCUT2D eigenvalue weighted by atomic mass is 10.2. The Morgan fingerprint density at radius 2 is 1.95 bits per heavy atom. The van der Waals surface area contributed by atoms with Crippen molar-refractivity contribution >= 4 is 16.5 Å². The van der Waals surface area contributed by atoms with E-state index >= 15 is 0 Å². The molecule has 0 bridgehead atoms. The van der Waals surface area contributed by atoms with Crippen molar-refractivity contribution < 1.29 is 21.7 Å². The molecule has 0 saturated heterocycles. The van der Waals surface area contributed by atoms with Crippen LogP contribution in [-0.4, -0.2) is 14.6 Å². The zero-order chi connectivity index (χ0) is 14.9. The van der Waals surface area contributed by atoms with Crippen LogP contribution in [0.3, 0.4) is 0 Å². The van der Waals surface area contributed by atoms with Crippen LogP contribution < -0.4 is 8.92 Å². The first kappa shape index (κ1) is 13.6. The Morgan fingerprint density at radius 3 is 2.71 bits per heavy atom. The van der Waals surface area contributed by atoms with E-state index in [4.69, 9.17) is 4.74 Å². The van der Waals surface area contributed by atoms with Crippen molar-refractivity contribution in [3.05, 3.63) is 59.4 Å². The molecular formula is C14H10FNO4S. The fraction of sp³-hybridized carbons (Fsp3) is 0.0714. The Morgan fingerprint density at radius 1 is 1.19 bits per heavy atom. The van der Waals surface area contributed by atoms with Crippen LogP contribution in [0.4, 0.5) is 4.39 Å². The summed E-state index contributed by atoms with van der Waals surface area (Å²) in [6.07, 6.45) is 1.10. The summed E-state index contributed by atoms with van der Waals surface area (Å²) in [4.78, 5) is 0. The third-order valence-electron chi connectivity index (χ3n) is 2.82. The van der Waals surface area contributed by atoms with E-state index in [1.165, 1.54) is 6.07 Å². The lowest BCUT2D eigenvalue weighted by Crippen LogP contribution is -2.12. The van der Waals surface area contributed by atoms with Gasteiger partial charge in [0.1, 0.15) is 6.61 Å². The van der Waals surface area contributed by atoms with Gasteiger partial charge in [0.15, 0.2) is 17.3 Å². The van der Waals surface area contributed by atoms with Gasteiger partial charge in [0.25, 0.3) is 0 Å². The Kier molecular flexibility index (Phi) is 3.34. The van der Waals surface area contributed by atoms with Crippen molar-refractivity contribution in [2.75, 3.05) is 0 Å². The number of hydrogen-bond donors (Lipinski definition) is 0. The first-order valence-electron chi connectivity index (χ1n) is 6.03. The molecule has 1 aliphatic rings. The Bertz CT molecular complexity index is 803. The average Bonchev–Trinajstić information content (AvgIpc) is 2.45.